The van der Waals surface area contributed by atoms with Gasteiger partial charge in [-0.25, -0.2) is 0 Å². The first kappa shape index (κ1) is 34.4. The molecule has 6 rings (SSSR count). The van der Waals surface area contributed by atoms with Crippen molar-refractivity contribution in [3.8, 4) is 11.4 Å². The van der Waals surface area contributed by atoms with Gasteiger partial charge in [0.25, 0.3) is 0 Å². The number of hydrogen-bond acceptors (Lipinski definition) is 5. The predicted octanol–water partition coefficient (Wildman–Crippen LogP) is 7.44. The summed E-state index contributed by atoms with van der Waals surface area (Å²) in [6.45, 7) is 0. The number of nitrogens with zero attached hydrogens (tertiary/aromatic N) is 2. The van der Waals surface area contributed by atoms with Crippen molar-refractivity contribution in [1.29, 1.82) is 0 Å². The van der Waals surface area contributed by atoms with Crippen LogP contribution in [0.1, 0.15) is 33.8 Å². The number of halogens is 4. The first-order valence-electron chi connectivity index (χ1n) is 14.5. The van der Waals surface area contributed by atoms with Crippen molar-refractivity contribution in [3.05, 3.63) is 143 Å². The molecule has 2 aromatic heterocycles. The van der Waals surface area contributed by atoms with Crippen LogP contribution in [0, 0.1) is 0 Å². The fraction of sp³-hybridized carbons (Fsp3) is 0.152. The summed E-state index contributed by atoms with van der Waals surface area (Å²) < 4.78 is 87.0. The zero-order valence-electron chi connectivity index (χ0n) is 25.1. The second-order valence-corrected chi connectivity index (χ2v) is 14.9. The van der Waals surface area contributed by atoms with E-state index in [1.165, 1.54) is 24.3 Å². The molecule has 0 saturated carbocycles. The summed E-state index contributed by atoms with van der Waals surface area (Å²) >= 11 is 0. The van der Waals surface area contributed by atoms with Gasteiger partial charge in [0.1, 0.15) is 0 Å². The molecule has 5 N–H and O–H groups in total. The average Bonchev–Trinajstić information content (AvgIpc) is 3.73. The van der Waals surface area contributed by atoms with Gasteiger partial charge in [-0.15, -0.1) is 0 Å². The summed E-state index contributed by atoms with van der Waals surface area (Å²) in [5.74, 6) is 0.288. The van der Waals surface area contributed by atoms with Crippen molar-refractivity contribution in [2.75, 3.05) is 0 Å². The summed E-state index contributed by atoms with van der Waals surface area (Å²) in [7, 11) is -11.7. The normalized spacial score (nSPS) is 13.2. The maximum atomic E-state index is 14.5. The lowest BCUT2D eigenvalue weighted by molar-refractivity contribution is 0.0564. The lowest BCUT2D eigenvalue weighted by atomic mass is 9.73. The highest BCUT2D eigenvalue weighted by Gasteiger charge is 2.51. The maximum Gasteiger partial charge on any atom is 0.399 e. The van der Waals surface area contributed by atoms with Gasteiger partial charge in [-0.05, 0) is 41.5 Å². The first-order valence-corrected chi connectivity index (χ1v) is 17.8. The van der Waals surface area contributed by atoms with Crippen molar-refractivity contribution < 1.29 is 50.8 Å². The SMILES string of the molecule is O=P(O)(O)C(F)(F)c1ccc(CC(Cc2ccc(C(F)(F)P(=O)(O)O)cc2)(c2cc3ccccc3[nH]2)c2nc(-c3ccccc3)no2)cc1. The zero-order valence-corrected chi connectivity index (χ0v) is 26.9. The molecule has 49 heavy (non-hydrogen) atoms. The van der Waals surface area contributed by atoms with Gasteiger partial charge < -0.3 is 29.1 Å². The average molecular weight is 716 g/mol. The highest BCUT2D eigenvalue weighted by Crippen LogP contribution is 2.60. The number of benzene rings is 4. The van der Waals surface area contributed by atoms with E-state index in [2.05, 4.69) is 10.1 Å². The van der Waals surface area contributed by atoms with Gasteiger partial charge in [0.15, 0.2) is 0 Å². The third-order valence-corrected chi connectivity index (χ3v) is 10.2. The Kier molecular flexibility index (Phi) is 8.77. The van der Waals surface area contributed by atoms with E-state index in [-0.39, 0.29) is 24.6 Å². The highest BCUT2D eigenvalue weighted by atomic mass is 31.2. The molecule has 0 atom stereocenters. The molecule has 0 aliphatic carbocycles. The monoisotopic (exact) mass is 715 g/mol. The van der Waals surface area contributed by atoms with Gasteiger partial charge in [0.05, 0.1) is 5.41 Å². The number of rotatable bonds is 11. The molecule has 0 unspecified atom stereocenters. The van der Waals surface area contributed by atoms with Gasteiger partial charge in [-0.3, -0.25) is 9.13 Å². The van der Waals surface area contributed by atoms with E-state index in [1.54, 1.807) is 30.3 Å². The molecule has 0 amide bonds. The molecule has 0 radical (unpaired) electrons. The van der Waals surface area contributed by atoms with Crippen LogP contribution in [0.4, 0.5) is 17.6 Å². The third-order valence-electron chi connectivity index (χ3n) is 8.26. The van der Waals surface area contributed by atoms with E-state index < -0.39 is 43.1 Å². The first-order chi connectivity index (χ1) is 23.0. The smallest absolute Gasteiger partial charge is 0.357 e. The minimum atomic E-state index is -5.83. The number of hydrogen-bond donors (Lipinski definition) is 5. The van der Waals surface area contributed by atoms with Crippen LogP contribution in [0.25, 0.3) is 22.3 Å². The molecule has 0 spiro atoms. The van der Waals surface area contributed by atoms with Crippen molar-refractivity contribution in [2.24, 2.45) is 0 Å². The van der Waals surface area contributed by atoms with E-state index in [4.69, 9.17) is 9.51 Å². The minimum absolute atomic E-state index is 0.0294. The Morgan fingerprint density at radius 3 is 1.65 bits per heavy atom. The van der Waals surface area contributed by atoms with E-state index in [9.17, 15) is 46.3 Å². The van der Waals surface area contributed by atoms with Crippen LogP contribution >= 0.6 is 15.2 Å². The van der Waals surface area contributed by atoms with Crippen molar-refractivity contribution in [1.82, 2.24) is 15.1 Å². The summed E-state index contributed by atoms with van der Waals surface area (Å²) in [4.78, 5) is 45.0. The second kappa shape index (κ2) is 12.5. The van der Waals surface area contributed by atoms with Crippen LogP contribution in [0.5, 0.6) is 0 Å². The van der Waals surface area contributed by atoms with Crippen LogP contribution < -0.4 is 0 Å². The molecular weight excluding hydrogens is 688 g/mol. The summed E-state index contributed by atoms with van der Waals surface area (Å²) in [6.07, 6.45) is -0.0587. The molecule has 0 aliphatic rings. The number of nitrogens with one attached hydrogen (secondary N) is 1. The molecular formula is C33H27F4N3O7P2. The lowest BCUT2D eigenvalue weighted by Gasteiger charge is -2.30. The maximum absolute atomic E-state index is 14.5. The molecule has 0 bridgehead atoms. The summed E-state index contributed by atoms with van der Waals surface area (Å²) in [5, 5.41) is 4.98. The van der Waals surface area contributed by atoms with Crippen LogP contribution in [-0.2, 0) is 38.7 Å². The zero-order chi connectivity index (χ0) is 35.2. The van der Waals surface area contributed by atoms with Crippen molar-refractivity contribution in [3.63, 3.8) is 0 Å². The Hall–Kier alpha value is -4.42. The van der Waals surface area contributed by atoms with E-state index >= 15 is 0 Å². The Morgan fingerprint density at radius 2 is 1.16 bits per heavy atom. The second-order valence-electron chi connectivity index (χ2n) is 11.6. The van der Waals surface area contributed by atoms with E-state index in [0.717, 1.165) is 35.2 Å². The predicted molar refractivity (Wildman–Crippen MR) is 171 cm³/mol. The van der Waals surface area contributed by atoms with Crippen LogP contribution in [0.3, 0.4) is 0 Å². The largest absolute Gasteiger partial charge is 0.399 e. The fourth-order valence-corrected chi connectivity index (χ4v) is 6.62. The standard InChI is InChI=1S/C33H27F4N3O7P2/c34-32(35,48(41,42)43)25-14-10-21(11-15-25)19-31(28-18-24-8-4-5-9-27(24)38-28,30-39-29(40-47-30)23-6-2-1-3-7-23)20-22-12-16-26(17-13-22)33(36,37)49(44,45)46/h1-18,38H,19-20H2,(H2,41,42,43)(H2,44,45,46). The van der Waals surface area contributed by atoms with Crippen molar-refractivity contribution >= 4 is 26.1 Å². The van der Waals surface area contributed by atoms with E-state index in [1.807, 2.05) is 30.3 Å². The van der Waals surface area contributed by atoms with Gasteiger partial charge in [-0.1, -0.05) is 102 Å². The molecule has 0 saturated heterocycles. The fourth-order valence-electron chi connectivity index (χ4n) is 5.65. The number of fused-ring (bicyclic) bond motifs is 1. The molecule has 10 nitrogen and oxygen atoms in total. The molecule has 6 aromatic rings. The number of aromatic nitrogens is 3. The van der Waals surface area contributed by atoms with Crippen LogP contribution in [0.2, 0.25) is 0 Å². The Bertz CT molecular complexity index is 2080. The Labute approximate surface area is 275 Å². The lowest BCUT2D eigenvalue weighted by Crippen LogP contribution is -2.34. The molecule has 0 fully saturated rings. The molecule has 16 heteroatoms. The van der Waals surface area contributed by atoms with Crippen LogP contribution in [0.15, 0.2) is 114 Å². The van der Waals surface area contributed by atoms with E-state index in [0.29, 0.717) is 22.4 Å². The number of para-hydroxylation sites is 1. The van der Waals surface area contributed by atoms with Crippen molar-refractivity contribution in [2.45, 2.75) is 29.6 Å². The van der Waals surface area contributed by atoms with Gasteiger partial charge in [0, 0.05) is 27.9 Å². The molecule has 4 aromatic carbocycles. The van der Waals surface area contributed by atoms with Gasteiger partial charge >= 0.3 is 26.5 Å². The quantitative estimate of drug-likeness (QED) is 0.0676. The van der Waals surface area contributed by atoms with Crippen LogP contribution in [-0.4, -0.2) is 34.7 Å². The van der Waals surface area contributed by atoms with Gasteiger partial charge in [0.2, 0.25) is 11.7 Å². The topological polar surface area (TPSA) is 170 Å². The number of aromatic amines is 1. The highest BCUT2D eigenvalue weighted by molar-refractivity contribution is 7.52. The molecule has 254 valence electrons. The Balaban J connectivity index is 1.53. The number of H-pyrrole nitrogens is 1. The molecule has 0 aliphatic heterocycles. The molecule has 2 heterocycles. The summed E-state index contributed by atoms with van der Waals surface area (Å²) in [5.41, 5.74) is -9.33. The summed E-state index contributed by atoms with van der Waals surface area (Å²) in [6, 6.07) is 26.8. The third kappa shape index (κ3) is 6.51. The minimum Gasteiger partial charge on any atom is -0.357 e. The Morgan fingerprint density at radius 1 is 0.673 bits per heavy atom. The van der Waals surface area contributed by atoms with Gasteiger partial charge in [-0.2, -0.15) is 22.5 Å². The number of alkyl halides is 4.